The molecule has 3 aliphatic rings. The molecular weight excluding hydrogens is 534 g/mol. The van der Waals surface area contributed by atoms with Crippen molar-refractivity contribution in [1.82, 2.24) is 14.7 Å². The summed E-state index contributed by atoms with van der Waals surface area (Å²) < 4.78 is -0.644. The molecule has 3 saturated heterocycles. The van der Waals surface area contributed by atoms with Crippen LogP contribution < -0.4 is 0 Å². The van der Waals surface area contributed by atoms with Gasteiger partial charge in [-0.1, -0.05) is 69.2 Å². The van der Waals surface area contributed by atoms with E-state index in [2.05, 4.69) is 27.0 Å². The van der Waals surface area contributed by atoms with Crippen molar-refractivity contribution in [3.05, 3.63) is 61.2 Å². The van der Waals surface area contributed by atoms with Crippen molar-refractivity contribution < 1.29 is 19.5 Å². The number of aliphatic hydroxyl groups is 1. The number of hydrogen-bond donors (Lipinski definition) is 1. The zero-order chi connectivity index (χ0) is 29.6. The summed E-state index contributed by atoms with van der Waals surface area (Å²) in [5, 5.41) is 9.46. The van der Waals surface area contributed by atoms with Gasteiger partial charge in [0, 0.05) is 44.6 Å². The number of fused-ring (bicyclic) bond motifs is 1. The Morgan fingerprint density at radius 1 is 1.07 bits per heavy atom. The van der Waals surface area contributed by atoms with Gasteiger partial charge >= 0.3 is 0 Å². The molecule has 1 aromatic rings. The van der Waals surface area contributed by atoms with Gasteiger partial charge in [0.05, 0.1) is 16.6 Å². The summed E-state index contributed by atoms with van der Waals surface area (Å²) in [4.78, 5) is 48.6. The fraction of sp³-hybridized carbons (Fsp3) is 0.606. The minimum atomic E-state index is -0.644. The van der Waals surface area contributed by atoms with E-state index in [0.717, 1.165) is 31.2 Å². The number of nitrogens with zero attached hydrogens (tertiary/aromatic N) is 3. The van der Waals surface area contributed by atoms with Crippen molar-refractivity contribution in [1.29, 1.82) is 0 Å². The van der Waals surface area contributed by atoms with E-state index >= 15 is 0 Å². The molecular formula is C33H47N3O4S. The predicted octanol–water partition coefficient (Wildman–Crippen LogP) is 4.52. The number of rotatable bonds is 16. The number of likely N-dealkylation sites (tertiary alicyclic amines) is 1. The molecule has 3 amide bonds. The molecule has 3 heterocycles. The number of carbonyl (C=O) groups is 3. The minimum Gasteiger partial charge on any atom is -0.396 e. The fourth-order valence-corrected chi connectivity index (χ4v) is 9.70. The third-order valence-electron chi connectivity index (χ3n) is 9.14. The molecule has 1 aromatic carbocycles. The lowest BCUT2D eigenvalue weighted by Crippen LogP contribution is -2.57. The van der Waals surface area contributed by atoms with Gasteiger partial charge in [-0.05, 0) is 37.2 Å². The molecule has 0 aliphatic carbocycles. The Balaban J connectivity index is 1.70. The standard InChI is InChI=1S/C33H47N3O4S/c1-5-8-12-19-34(17-6-2)32(40)29-33-24(4)22-26(41-33)27(28(33)31(39)36(29)20-13-14-21-37)30(38)35(18-7-3)23-25-15-10-9-11-16-25/h6-7,9-11,15-16,24,26-29,37H,2-3,5,8,12-14,17-23H2,1,4H3/t24?,26-,27+,28-,29?,33?/m0/s1. The second-order valence-corrected chi connectivity index (χ2v) is 13.3. The number of amides is 3. The highest BCUT2D eigenvalue weighted by atomic mass is 32.2. The SMILES string of the molecule is C=CCN(CCCCC)C(=O)C1N(CCCCO)C(=O)[C@@H]2[C@H](C(=O)N(CC=C)Cc3ccccc3)[C@@H]3CC(C)C12S3. The molecule has 1 N–H and O–H groups in total. The summed E-state index contributed by atoms with van der Waals surface area (Å²) in [6.45, 7) is 14.5. The molecule has 1 spiro atoms. The van der Waals surface area contributed by atoms with E-state index in [9.17, 15) is 19.5 Å². The highest BCUT2D eigenvalue weighted by molar-refractivity contribution is 8.02. The summed E-state index contributed by atoms with van der Waals surface area (Å²) in [7, 11) is 0. The number of thioether (sulfide) groups is 1. The highest BCUT2D eigenvalue weighted by Crippen LogP contribution is 2.69. The second-order valence-electron chi connectivity index (χ2n) is 11.8. The van der Waals surface area contributed by atoms with Gasteiger partial charge < -0.3 is 19.8 Å². The third kappa shape index (κ3) is 6.00. The van der Waals surface area contributed by atoms with Crippen LogP contribution in [0.15, 0.2) is 55.6 Å². The molecule has 4 rings (SSSR count). The Bertz CT molecular complexity index is 1100. The van der Waals surface area contributed by atoms with Crippen molar-refractivity contribution in [3.63, 3.8) is 0 Å². The lowest BCUT2D eigenvalue weighted by molar-refractivity contribution is -0.145. The quantitative estimate of drug-likeness (QED) is 0.229. The van der Waals surface area contributed by atoms with E-state index in [1.807, 2.05) is 40.1 Å². The molecule has 0 radical (unpaired) electrons. The summed E-state index contributed by atoms with van der Waals surface area (Å²) in [5.41, 5.74) is 1.03. The predicted molar refractivity (Wildman–Crippen MR) is 165 cm³/mol. The Morgan fingerprint density at radius 3 is 2.44 bits per heavy atom. The third-order valence-corrected chi connectivity index (χ3v) is 11.2. The van der Waals surface area contributed by atoms with Gasteiger partial charge in [0.2, 0.25) is 17.7 Å². The van der Waals surface area contributed by atoms with Crippen LogP contribution in [0.2, 0.25) is 0 Å². The van der Waals surface area contributed by atoms with Crippen molar-refractivity contribution >= 4 is 29.5 Å². The van der Waals surface area contributed by atoms with E-state index in [-0.39, 0.29) is 35.5 Å². The number of benzene rings is 1. The van der Waals surface area contributed by atoms with Gasteiger partial charge in [0.25, 0.3) is 0 Å². The average Bonchev–Trinajstić information content (AvgIpc) is 3.56. The van der Waals surface area contributed by atoms with Crippen LogP contribution in [0.1, 0.15) is 57.9 Å². The van der Waals surface area contributed by atoms with E-state index in [4.69, 9.17) is 0 Å². The lowest BCUT2D eigenvalue weighted by Gasteiger charge is -2.41. The molecule has 7 nitrogen and oxygen atoms in total. The molecule has 2 bridgehead atoms. The van der Waals surface area contributed by atoms with Crippen LogP contribution in [-0.2, 0) is 20.9 Å². The summed E-state index contributed by atoms with van der Waals surface area (Å²) >= 11 is 1.72. The number of hydrogen-bond acceptors (Lipinski definition) is 5. The van der Waals surface area contributed by atoms with Gasteiger partial charge in [0.1, 0.15) is 6.04 Å². The first kappa shape index (κ1) is 31.4. The molecule has 3 aliphatic heterocycles. The van der Waals surface area contributed by atoms with Crippen LogP contribution in [0, 0.1) is 17.8 Å². The maximum absolute atomic E-state index is 14.5. The molecule has 0 aromatic heterocycles. The van der Waals surface area contributed by atoms with Gasteiger partial charge in [-0.3, -0.25) is 14.4 Å². The van der Waals surface area contributed by atoms with Gasteiger partial charge in [-0.2, -0.15) is 0 Å². The monoisotopic (exact) mass is 581 g/mol. The van der Waals surface area contributed by atoms with Crippen LogP contribution in [0.5, 0.6) is 0 Å². The van der Waals surface area contributed by atoms with E-state index in [1.54, 1.807) is 28.8 Å². The molecule has 6 atom stereocenters. The van der Waals surface area contributed by atoms with Gasteiger partial charge in [-0.15, -0.1) is 24.9 Å². The first-order valence-electron chi connectivity index (χ1n) is 15.3. The van der Waals surface area contributed by atoms with E-state index < -0.39 is 22.6 Å². The largest absolute Gasteiger partial charge is 0.396 e. The highest BCUT2D eigenvalue weighted by Gasteiger charge is 2.76. The number of unbranched alkanes of at least 4 members (excludes halogenated alkanes) is 3. The van der Waals surface area contributed by atoms with Crippen LogP contribution in [0.25, 0.3) is 0 Å². The first-order valence-corrected chi connectivity index (χ1v) is 16.2. The molecule has 3 fully saturated rings. The normalized spacial score (nSPS) is 28.0. The lowest BCUT2D eigenvalue weighted by atomic mass is 9.65. The molecule has 0 saturated carbocycles. The van der Waals surface area contributed by atoms with Crippen molar-refractivity contribution in [2.45, 2.75) is 75.0 Å². The van der Waals surface area contributed by atoms with Crippen LogP contribution in [-0.4, -0.2) is 86.4 Å². The summed E-state index contributed by atoms with van der Waals surface area (Å²) in [6, 6.07) is 9.28. The summed E-state index contributed by atoms with van der Waals surface area (Å²) in [5.74, 6) is -1.02. The molecule has 41 heavy (non-hydrogen) atoms. The van der Waals surface area contributed by atoms with E-state index in [1.165, 1.54) is 0 Å². The van der Waals surface area contributed by atoms with Crippen molar-refractivity contribution in [3.8, 4) is 0 Å². The van der Waals surface area contributed by atoms with Crippen molar-refractivity contribution in [2.75, 3.05) is 32.8 Å². The topological polar surface area (TPSA) is 81.2 Å². The number of aliphatic hydroxyl groups excluding tert-OH is 1. The Morgan fingerprint density at radius 2 is 1.78 bits per heavy atom. The van der Waals surface area contributed by atoms with Crippen molar-refractivity contribution in [2.24, 2.45) is 17.8 Å². The Kier molecular flexibility index (Phi) is 10.8. The summed E-state index contributed by atoms with van der Waals surface area (Å²) in [6.07, 6.45) is 8.48. The number of carbonyl (C=O) groups excluding carboxylic acids is 3. The maximum Gasteiger partial charge on any atom is 0.247 e. The van der Waals surface area contributed by atoms with Crippen LogP contribution >= 0.6 is 11.8 Å². The Hall–Kier alpha value is -2.58. The van der Waals surface area contributed by atoms with Crippen LogP contribution in [0.3, 0.4) is 0 Å². The molecule has 8 heteroatoms. The minimum absolute atomic E-state index is 0.00243. The second kappa shape index (κ2) is 14.1. The van der Waals surface area contributed by atoms with Gasteiger partial charge in [0.15, 0.2) is 0 Å². The fourth-order valence-electron chi connectivity index (χ4n) is 7.29. The Labute approximate surface area is 250 Å². The molecule has 3 unspecified atom stereocenters. The van der Waals surface area contributed by atoms with E-state index in [0.29, 0.717) is 45.6 Å². The van der Waals surface area contributed by atoms with Crippen LogP contribution in [0.4, 0.5) is 0 Å². The zero-order valence-corrected chi connectivity index (χ0v) is 25.6. The average molecular weight is 582 g/mol. The van der Waals surface area contributed by atoms with Gasteiger partial charge in [-0.25, -0.2) is 0 Å². The first-order chi connectivity index (χ1) is 19.8. The zero-order valence-electron chi connectivity index (χ0n) is 24.7. The molecule has 224 valence electrons. The smallest absolute Gasteiger partial charge is 0.247 e. The maximum atomic E-state index is 14.5.